The zero-order valence-electron chi connectivity index (χ0n) is 7.65. The number of amides is 1. The summed E-state index contributed by atoms with van der Waals surface area (Å²) in [5.74, 6) is -0.207. The average Bonchev–Trinajstić information content (AvgIpc) is 2.15. The minimum atomic E-state index is -0.185. The Morgan fingerprint density at radius 2 is 2.29 bits per heavy atom. The summed E-state index contributed by atoms with van der Waals surface area (Å²) in [5.41, 5.74) is 0.715. The fourth-order valence-electron chi connectivity index (χ4n) is 1.01. The van der Waals surface area contributed by atoms with Gasteiger partial charge < -0.3 is 10.4 Å². The van der Waals surface area contributed by atoms with Crippen molar-refractivity contribution in [3.8, 4) is 5.75 Å². The second-order valence-corrected chi connectivity index (χ2v) is 2.81. The van der Waals surface area contributed by atoms with Crippen molar-refractivity contribution in [2.45, 2.75) is 13.5 Å². The molecule has 5 nitrogen and oxygen atoms in total. The number of hydrogen-bond acceptors (Lipinski definition) is 4. The van der Waals surface area contributed by atoms with Crippen molar-refractivity contribution >= 4 is 11.6 Å². The second-order valence-electron chi connectivity index (χ2n) is 2.81. The molecule has 1 amide bonds. The Bertz CT molecular complexity index is 363. The quantitative estimate of drug-likeness (QED) is 0.714. The molecule has 0 saturated heterocycles. The molecule has 0 unspecified atom stereocenters. The van der Waals surface area contributed by atoms with Gasteiger partial charge in [-0.05, 0) is 11.2 Å². The summed E-state index contributed by atoms with van der Waals surface area (Å²) in [6.07, 6.45) is 0. The number of aromatic hydroxyl groups is 1. The molecule has 1 aromatic rings. The fraction of sp³-hybridized carbons (Fsp3) is 0.222. The summed E-state index contributed by atoms with van der Waals surface area (Å²) in [6, 6.07) is 4.23. The summed E-state index contributed by atoms with van der Waals surface area (Å²) in [6.45, 7) is 1.62. The summed E-state index contributed by atoms with van der Waals surface area (Å²) in [7, 11) is 0. The SMILES string of the molecule is CC(=O)NCc1ccc(O)cc1N=O. The summed E-state index contributed by atoms with van der Waals surface area (Å²) >= 11 is 0. The molecule has 2 N–H and O–H groups in total. The maximum absolute atomic E-state index is 10.6. The van der Waals surface area contributed by atoms with Gasteiger partial charge in [-0.3, -0.25) is 4.79 Å². The van der Waals surface area contributed by atoms with Crippen molar-refractivity contribution < 1.29 is 9.90 Å². The van der Waals surface area contributed by atoms with E-state index < -0.39 is 0 Å². The van der Waals surface area contributed by atoms with Crippen LogP contribution in [0.5, 0.6) is 5.75 Å². The van der Waals surface area contributed by atoms with E-state index in [1.807, 2.05) is 0 Å². The topological polar surface area (TPSA) is 78.8 Å². The van der Waals surface area contributed by atoms with Crippen LogP contribution in [0.1, 0.15) is 12.5 Å². The molecule has 0 radical (unpaired) electrons. The average molecular weight is 194 g/mol. The van der Waals surface area contributed by atoms with Gasteiger partial charge in [-0.1, -0.05) is 6.07 Å². The molecule has 0 fully saturated rings. The van der Waals surface area contributed by atoms with Crippen LogP contribution < -0.4 is 5.32 Å². The number of phenols is 1. The zero-order chi connectivity index (χ0) is 10.6. The minimum absolute atomic E-state index is 0.0221. The van der Waals surface area contributed by atoms with Gasteiger partial charge in [0.05, 0.1) is 0 Å². The fourth-order valence-corrected chi connectivity index (χ4v) is 1.01. The Kier molecular flexibility index (Phi) is 3.17. The van der Waals surface area contributed by atoms with Gasteiger partial charge >= 0.3 is 0 Å². The van der Waals surface area contributed by atoms with E-state index in [0.717, 1.165) is 0 Å². The van der Waals surface area contributed by atoms with E-state index in [4.69, 9.17) is 5.11 Å². The van der Waals surface area contributed by atoms with E-state index in [-0.39, 0.29) is 23.9 Å². The van der Waals surface area contributed by atoms with Gasteiger partial charge in [0.15, 0.2) is 0 Å². The van der Waals surface area contributed by atoms with Gasteiger partial charge in [0.25, 0.3) is 0 Å². The molecule has 0 aliphatic heterocycles. The first-order valence-corrected chi connectivity index (χ1v) is 4.03. The van der Waals surface area contributed by atoms with Gasteiger partial charge in [0, 0.05) is 25.1 Å². The molecular weight excluding hydrogens is 184 g/mol. The van der Waals surface area contributed by atoms with E-state index in [2.05, 4.69) is 10.5 Å². The second kappa shape index (κ2) is 4.36. The lowest BCUT2D eigenvalue weighted by Crippen LogP contribution is -2.18. The van der Waals surface area contributed by atoms with Gasteiger partial charge in [0.1, 0.15) is 11.4 Å². The van der Waals surface area contributed by atoms with E-state index in [1.165, 1.54) is 19.1 Å². The van der Waals surface area contributed by atoms with Crippen LogP contribution in [0.4, 0.5) is 5.69 Å². The highest BCUT2D eigenvalue weighted by atomic mass is 16.3. The first kappa shape index (κ1) is 10.2. The molecule has 74 valence electrons. The van der Waals surface area contributed by atoms with Gasteiger partial charge in [0.2, 0.25) is 5.91 Å². The predicted molar refractivity (Wildman–Crippen MR) is 51.1 cm³/mol. The van der Waals surface area contributed by atoms with Crippen LogP contribution in [0.25, 0.3) is 0 Å². The van der Waals surface area contributed by atoms with E-state index >= 15 is 0 Å². The number of benzene rings is 1. The van der Waals surface area contributed by atoms with Gasteiger partial charge in [-0.2, -0.15) is 0 Å². The Labute approximate surface area is 80.7 Å². The van der Waals surface area contributed by atoms with Crippen LogP contribution in [-0.2, 0) is 11.3 Å². The third-order valence-electron chi connectivity index (χ3n) is 1.70. The van der Waals surface area contributed by atoms with E-state index in [9.17, 15) is 9.70 Å². The lowest BCUT2D eigenvalue weighted by molar-refractivity contribution is -0.119. The largest absolute Gasteiger partial charge is 0.508 e. The Hall–Kier alpha value is -1.91. The van der Waals surface area contributed by atoms with Crippen molar-refractivity contribution in [3.05, 3.63) is 28.7 Å². The lowest BCUT2D eigenvalue weighted by atomic mass is 10.1. The Balaban J connectivity index is 2.85. The highest BCUT2D eigenvalue weighted by Gasteiger charge is 2.04. The molecular formula is C9H10N2O3. The van der Waals surface area contributed by atoms with Crippen molar-refractivity contribution in [1.29, 1.82) is 0 Å². The number of nitrogens with zero attached hydrogens (tertiary/aromatic N) is 1. The van der Waals surface area contributed by atoms with E-state index in [1.54, 1.807) is 6.07 Å². The standard InChI is InChI=1S/C9H10N2O3/c1-6(12)10-5-7-2-3-8(13)4-9(7)11-14/h2-4,13H,5H2,1H3,(H,10,12). The first-order valence-electron chi connectivity index (χ1n) is 4.03. The third kappa shape index (κ3) is 2.55. The predicted octanol–water partition coefficient (Wildman–Crippen LogP) is 1.43. The van der Waals surface area contributed by atoms with Crippen LogP contribution in [0, 0.1) is 4.91 Å². The first-order chi connectivity index (χ1) is 6.63. The van der Waals surface area contributed by atoms with Crippen molar-refractivity contribution in [2.24, 2.45) is 5.18 Å². The maximum Gasteiger partial charge on any atom is 0.217 e. The van der Waals surface area contributed by atoms with Crippen LogP contribution >= 0.6 is 0 Å². The smallest absolute Gasteiger partial charge is 0.217 e. The normalized spacial score (nSPS) is 9.50. The monoisotopic (exact) mass is 194 g/mol. The number of phenolic OH excluding ortho intramolecular Hbond substituents is 1. The molecule has 0 bridgehead atoms. The maximum atomic E-state index is 10.6. The Morgan fingerprint density at radius 3 is 2.86 bits per heavy atom. The molecule has 0 aliphatic carbocycles. The highest BCUT2D eigenvalue weighted by Crippen LogP contribution is 2.23. The molecule has 0 atom stereocenters. The highest BCUT2D eigenvalue weighted by molar-refractivity contribution is 5.73. The van der Waals surface area contributed by atoms with Crippen molar-refractivity contribution in [2.75, 3.05) is 0 Å². The molecule has 0 spiro atoms. The molecule has 0 aromatic heterocycles. The molecule has 0 aliphatic rings. The molecule has 0 saturated carbocycles. The number of carbonyl (C=O) groups is 1. The number of rotatable bonds is 3. The third-order valence-corrected chi connectivity index (χ3v) is 1.70. The van der Waals surface area contributed by atoms with Crippen molar-refractivity contribution in [1.82, 2.24) is 5.32 Å². The van der Waals surface area contributed by atoms with Crippen LogP contribution in [0.3, 0.4) is 0 Å². The summed E-state index contributed by atoms with van der Waals surface area (Å²) < 4.78 is 0. The van der Waals surface area contributed by atoms with E-state index in [0.29, 0.717) is 5.56 Å². The molecule has 1 aromatic carbocycles. The summed E-state index contributed by atoms with van der Waals surface area (Å²) in [4.78, 5) is 21.0. The molecule has 1 rings (SSSR count). The Morgan fingerprint density at radius 1 is 1.57 bits per heavy atom. The number of carbonyl (C=O) groups excluding carboxylic acids is 1. The van der Waals surface area contributed by atoms with Crippen molar-refractivity contribution in [3.63, 3.8) is 0 Å². The van der Waals surface area contributed by atoms with Gasteiger partial charge in [-0.25, -0.2) is 0 Å². The lowest BCUT2D eigenvalue weighted by Gasteiger charge is -2.04. The van der Waals surface area contributed by atoms with Crippen LogP contribution in [0.15, 0.2) is 23.4 Å². The van der Waals surface area contributed by atoms with Crippen LogP contribution in [-0.4, -0.2) is 11.0 Å². The minimum Gasteiger partial charge on any atom is -0.508 e. The summed E-state index contributed by atoms with van der Waals surface area (Å²) in [5, 5.41) is 14.3. The van der Waals surface area contributed by atoms with Gasteiger partial charge in [-0.15, -0.1) is 4.91 Å². The number of hydrogen-bond donors (Lipinski definition) is 2. The molecule has 5 heteroatoms. The number of nitrogens with one attached hydrogen (secondary N) is 1. The molecule has 0 heterocycles. The number of nitroso groups, excluding NO2 is 1. The molecule has 14 heavy (non-hydrogen) atoms. The zero-order valence-corrected chi connectivity index (χ0v) is 7.65. The van der Waals surface area contributed by atoms with Crippen LogP contribution in [0.2, 0.25) is 0 Å².